The van der Waals surface area contributed by atoms with E-state index in [-0.39, 0.29) is 0 Å². The highest BCUT2D eigenvalue weighted by atomic mass is 19.1. The minimum atomic E-state index is -0.953. The van der Waals surface area contributed by atoms with Gasteiger partial charge in [0.15, 0.2) is 5.69 Å². The van der Waals surface area contributed by atoms with Crippen molar-refractivity contribution in [2.45, 2.75) is 25.2 Å². The van der Waals surface area contributed by atoms with Crippen molar-refractivity contribution in [1.82, 2.24) is 9.55 Å². The summed E-state index contributed by atoms with van der Waals surface area (Å²) >= 11 is 0. The first-order valence-corrected chi connectivity index (χ1v) is 8.72. The maximum absolute atomic E-state index is 13.8. The van der Waals surface area contributed by atoms with Gasteiger partial charge in [-0.05, 0) is 24.1 Å². The molecule has 0 aliphatic carbocycles. The lowest BCUT2D eigenvalue weighted by atomic mass is 10.1. The molecule has 26 heavy (non-hydrogen) atoms. The Balaban J connectivity index is 1.73. The van der Waals surface area contributed by atoms with Crippen molar-refractivity contribution >= 4 is 22.7 Å². The van der Waals surface area contributed by atoms with Crippen LogP contribution in [0.4, 0.5) is 16.0 Å². The summed E-state index contributed by atoms with van der Waals surface area (Å²) in [6.45, 7) is 8.79. The van der Waals surface area contributed by atoms with Crippen molar-refractivity contribution in [3.05, 3.63) is 65.5 Å². The number of piperidine rings is 1. The van der Waals surface area contributed by atoms with Gasteiger partial charge in [0.2, 0.25) is 5.95 Å². The molecule has 132 valence electrons. The molecule has 2 N–H and O–H groups in total. The number of rotatable bonds is 3. The number of nitrogens with two attached hydrogens (primary N) is 1. The van der Waals surface area contributed by atoms with Crippen LogP contribution < -0.4 is 10.6 Å². The predicted octanol–water partition coefficient (Wildman–Crippen LogP) is 3.51. The van der Waals surface area contributed by atoms with Crippen LogP contribution in [0.2, 0.25) is 0 Å². The first-order chi connectivity index (χ1) is 12.7. The summed E-state index contributed by atoms with van der Waals surface area (Å²) in [4.78, 5) is 10.3. The van der Waals surface area contributed by atoms with E-state index < -0.39 is 12.2 Å². The van der Waals surface area contributed by atoms with Crippen LogP contribution in [0.5, 0.6) is 0 Å². The third-order valence-corrected chi connectivity index (χ3v) is 4.89. The number of aromatic nitrogens is 2. The SMILES string of the molecule is [C-]#[N+]c1ccc(Cn2c(N3CC[C@@H](F)[C@H](N)C3)nc3ccccc32)cc1. The number of hydrogen-bond donors (Lipinski definition) is 1. The topological polar surface area (TPSA) is 51.4 Å². The molecule has 0 amide bonds. The second-order valence-electron chi connectivity index (χ2n) is 6.68. The van der Waals surface area contributed by atoms with Gasteiger partial charge in [-0.15, -0.1) is 0 Å². The van der Waals surface area contributed by atoms with Crippen LogP contribution in [0.25, 0.3) is 15.9 Å². The Morgan fingerprint density at radius 2 is 1.96 bits per heavy atom. The Morgan fingerprint density at radius 3 is 2.69 bits per heavy atom. The molecule has 0 radical (unpaired) electrons. The fraction of sp³-hybridized carbons (Fsp3) is 0.300. The zero-order valence-corrected chi connectivity index (χ0v) is 14.3. The molecule has 0 saturated carbocycles. The molecule has 3 aromatic rings. The molecule has 6 heteroatoms. The molecule has 0 bridgehead atoms. The third-order valence-electron chi connectivity index (χ3n) is 4.89. The van der Waals surface area contributed by atoms with Crippen LogP contribution in [0.3, 0.4) is 0 Å². The van der Waals surface area contributed by atoms with Crippen LogP contribution >= 0.6 is 0 Å². The maximum Gasteiger partial charge on any atom is 0.206 e. The average molecular weight is 349 g/mol. The van der Waals surface area contributed by atoms with Crippen LogP contribution in [0.15, 0.2) is 48.5 Å². The van der Waals surface area contributed by atoms with Gasteiger partial charge in [-0.3, -0.25) is 0 Å². The molecule has 1 fully saturated rings. The van der Waals surface area contributed by atoms with E-state index >= 15 is 0 Å². The summed E-state index contributed by atoms with van der Waals surface area (Å²) in [5.74, 6) is 0.822. The normalized spacial score (nSPS) is 20.3. The van der Waals surface area contributed by atoms with E-state index in [1.165, 1.54) is 0 Å². The van der Waals surface area contributed by atoms with Crippen molar-refractivity contribution in [3.8, 4) is 0 Å². The lowest BCUT2D eigenvalue weighted by Crippen LogP contribution is -2.50. The van der Waals surface area contributed by atoms with Gasteiger partial charge in [-0.2, -0.15) is 0 Å². The number of alkyl halides is 1. The Morgan fingerprint density at radius 1 is 1.19 bits per heavy atom. The summed E-state index contributed by atoms with van der Waals surface area (Å²) < 4.78 is 15.9. The number of benzene rings is 2. The summed E-state index contributed by atoms with van der Waals surface area (Å²) in [6, 6.07) is 15.1. The van der Waals surface area contributed by atoms with E-state index in [4.69, 9.17) is 17.3 Å². The maximum atomic E-state index is 13.8. The van der Waals surface area contributed by atoms with Crippen molar-refractivity contribution in [3.63, 3.8) is 0 Å². The molecule has 1 aromatic heterocycles. The van der Waals surface area contributed by atoms with E-state index in [1.807, 2.05) is 48.5 Å². The first-order valence-electron chi connectivity index (χ1n) is 8.72. The van der Waals surface area contributed by atoms with Crippen LogP contribution in [0.1, 0.15) is 12.0 Å². The zero-order valence-electron chi connectivity index (χ0n) is 14.3. The van der Waals surface area contributed by atoms with Gasteiger partial charge < -0.3 is 15.2 Å². The van der Waals surface area contributed by atoms with Gasteiger partial charge in [0, 0.05) is 13.1 Å². The summed E-state index contributed by atoms with van der Waals surface area (Å²) in [5, 5.41) is 0. The third kappa shape index (κ3) is 3.02. The molecule has 2 heterocycles. The molecule has 5 nitrogen and oxygen atoms in total. The van der Waals surface area contributed by atoms with Crippen molar-refractivity contribution in [2.75, 3.05) is 18.0 Å². The van der Waals surface area contributed by atoms with Gasteiger partial charge in [0.25, 0.3) is 0 Å². The number of anilines is 1. The Hall–Kier alpha value is -2.91. The van der Waals surface area contributed by atoms with E-state index in [2.05, 4.69) is 14.3 Å². The molecule has 4 rings (SSSR count). The molecule has 1 aliphatic heterocycles. The minimum absolute atomic E-state index is 0.421. The van der Waals surface area contributed by atoms with Crippen molar-refractivity contribution < 1.29 is 4.39 Å². The number of imidazole rings is 1. The summed E-state index contributed by atoms with van der Waals surface area (Å²) in [5.41, 5.74) is 9.62. The van der Waals surface area contributed by atoms with Gasteiger partial charge in [0.1, 0.15) is 6.17 Å². The first kappa shape index (κ1) is 16.6. The number of hydrogen-bond acceptors (Lipinski definition) is 3. The summed E-state index contributed by atoms with van der Waals surface area (Å²) in [6.07, 6.45) is -0.533. The summed E-state index contributed by atoms with van der Waals surface area (Å²) in [7, 11) is 0. The lowest BCUT2D eigenvalue weighted by Gasteiger charge is -2.34. The molecule has 0 spiro atoms. The lowest BCUT2D eigenvalue weighted by molar-refractivity contribution is 0.243. The predicted molar refractivity (Wildman–Crippen MR) is 101 cm³/mol. The number of halogens is 1. The second kappa shape index (κ2) is 6.77. The molecule has 2 aromatic carbocycles. The zero-order chi connectivity index (χ0) is 18.1. The molecule has 1 aliphatic rings. The largest absolute Gasteiger partial charge is 0.340 e. The number of fused-ring (bicyclic) bond motifs is 1. The van der Waals surface area contributed by atoms with E-state index in [1.54, 1.807) is 0 Å². The van der Waals surface area contributed by atoms with Crippen molar-refractivity contribution in [1.29, 1.82) is 0 Å². The standard InChI is InChI=1S/C20H20FN5/c1-23-15-8-6-14(7-9-15)12-26-19-5-3-2-4-18(19)24-20(26)25-11-10-16(21)17(22)13-25/h2-9,16-17H,10-13,22H2/t16-,17-/m1/s1. The van der Waals surface area contributed by atoms with Crippen LogP contribution in [-0.2, 0) is 6.54 Å². The van der Waals surface area contributed by atoms with Crippen molar-refractivity contribution in [2.24, 2.45) is 5.73 Å². The fourth-order valence-corrected chi connectivity index (χ4v) is 3.45. The molecule has 2 atom stereocenters. The molecular weight excluding hydrogens is 329 g/mol. The Labute approximate surface area is 151 Å². The quantitative estimate of drug-likeness (QED) is 0.736. The smallest absolute Gasteiger partial charge is 0.206 e. The van der Waals surface area contributed by atoms with Crippen LogP contribution in [-0.4, -0.2) is 34.9 Å². The van der Waals surface area contributed by atoms with E-state index in [9.17, 15) is 4.39 Å². The van der Waals surface area contributed by atoms with Gasteiger partial charge in [-0.1, -0.05) is 36.4 Å². The molecule has 1 saturated heterocycles. The molecular formula is C20H20FN5. The minimum Gasteiger partial charge on any atom is -0.340 e. The monoisotopic (exact) mass is 349 g/mol. The van der Waals surface area contributed by atoms with Gasteiger partial charge in [0.05, 0.1) is 30.2 Å². The van der Waals surface area contributed by atoms with E-state index in [0.717, 1.165) is 22.5 Å². The second-order valence-corrected chi connectivity index (χ2v) is 6.68. The highest BCUT2D eigenvalue weighted by Gasteiger charge is 2.29. The Kier molecular flexibility index (Phi) is 4.31. The van der Waals surface area contributed by atoms with Gasteiger partial charge in [-0.25, -0.2) is 14.2 Å². The van der Waals surface area contributed by atoms with Gasteiger partial charge >= 0.3 is 0 Å². The highest BCUT2D eigenvalue weighted by molar-refractivity contribution is 5.79. The molecule has 0 unspecified atom stereocenters. The average Bonchev–Trinajstić information content (AvgIpc) is 3.03. The van der Waals surface area contributed by atoms with Crippen LogP contribution in [0, 0.1) is 6.57 Å². The van der Waals surface area contributed by atoms with E-state index in [0.29, 0.717) is 31.7 Å². The number of para-hydroxylation sites is 2. The number of nitrogens with zero attached hydrogens (tertiary/aromatic N) is 4. The fourth-order valence-electron chi connectivity index (χ4n) is 3.45. The Bertz CT molecular complexity index is 956. The highest BCUT2D eigenvalue weighted by Crippen LogP contribution is 2.27.